The molecule has 8 nitrogen and oxygen atoms in total. The second-order valence-electron chi connectivity index (χ2n) is 7.76. The van der Waals surface area contributed by atoms with Crippen molar-refractivity contribution in [2.45, 2.75) is 12.5 Å². The van der Waals surface area contributed by atoms with E-state index in [9.17, 15) is 4.79 Å². The van der Waals surface area contributed by atoms with Crippen LogP contribution in [0.1, 0.15) is 6.42 Å². The Labute approximate surface area is 174 Å². The van der Waals surface area contributed by atoms with Crippen LogP contribution < -0.4 is 15.8 Å². The maximum Gasteiger partial charge on any atom is 0.264 e. The van der Waals surface area contributed by atoms with Crippen LogP contribution in [0.15, 0.2) is 41.5 Å². The predicted octanol–water partition coefficient (Wildman–Crippen LogP) is 2.03. The van der Waals surface area contributed by atoms with E-state index < -0.39 is 0 Å². The summed E-state index contributed by atoms with van der Waals surface area (Å²) in [5.41, 5.74) is 3.49. The number of fused-ring (bicyclic) bond motifs is 1. The lowest BCUT2D eigenvalue weighted by Crippen LogP contribution is -2.36. The van der Waals surface area contributed by atoms with Crippen LogP contribution in [0.2, 0.25) is 0 Å². The highest BCUT2D eigenvalue weighted by Crippen LogP contribution is 2.28. The molecule has 0 amide bonds. The molecule has 1 aromatic carbocycles. The quantitative estimate of drug-likeness (QED) is 0.709. The summed E-state index contributed by atoms with van der Waals surface area (Å²) < 4.78 is 12.4. The van der Waals surface area contributed by atoms with E-state index in [0.29, 0.717) is 29.9 Å². The Morgan fingerprint density at radius 3 is 2.63 bits per heavy atom. The molecular formula is C22H25N5O3. The smallest absolute Gasteiger partial charge is 0.264 e. The molecule has 8 heteroatoms. The zero-order chi connectivity index (χ0) is 20.5. The van der Waals surface area contributed by atoms with Crippen molar-refractivity contribution in [2.75, 3.05) is 49.7 Å². The summed E-state index contributed by atoms with van der Waals surface area (Å²) in [7, 11) is 1.70. The zero-order valence-electron chi connectivity index (χ0n) is 17.0. The van der Waals surface area contributed by atoms with Gasteiger partial charge in [0.2, 0.25) is 0 Å². The lowest BCUT2D eigenvalue weighted by molar-refractivity contribution is 0.122. The summed E-state index contributed by atoms with van der Waals surface area (Å²) in [5.74, 6) is 0.573. The number of morpholine rings is 1. The monoisotopic (exact) mass is 407 g/mol. The first-order chi connectivity index (χ1) is 14.7. The number of nitrogens with zero attached hydrogens (tertiary/aromatic N) is 4. The molecule has 3 aromatic rings. The minimum atomic E-state index is -0.108. The molecule has 156 valence electrons. The number of benzene rings is 1. The normalized spacial score (nSPS) is 19.4. The first-order valence-corrected chi connectivity index (χ1v) is 10.3. The van der Waals surface area contributed by atoms with Gasteiger partial charge < -0.3 is 24.3 Å². The highest BCUT2D eigenvalue weighted by atomic mass is 16.5. The second kappa shape index (κ2) is 8.04. The van der Waals surface area contributed by atoms with Gasteiger partial charge in [0.05, 0.1) is 43.4 Å². The average Bonchev–Trinajstić information content (AvgIpc) is 3.30. The highest BCUT2D eigenvalue weighted by molar-refractivity contribution is 5.91. The third-order valence-corrected chi connectivity index (χ3v) is 5.71. The van der Waals surface area contributed by atoms with Crippen molar-refractivity contribution in [1.29, 1.82) is 0 Å². The van der Waals surface area contributed by atoms with Crippen LogP contribution in [0, 0.1) is 0 Å². The number of nitrogens with one attached hydrogen (secondary N) is 1. The number of pyridine rings is 1. The van der Waals surface area contributed by atoms with Gasteiger partial charge in [-0.25, -0.2) is 9.97 Å². The number of anilines is 2. The van der Waals surface area contributed by atoms with E-state index in [0.717, 1.165) is 44.0 Å². The molecule has 0 saturated carbocycles. The number of rotatable bonds is 4. The van der Waals surface area contributed by atoms with Crippen molar-refractivity contribution in [3.63, 3.8) is 0 Å². The molecule has 0 aliphatic carbocycles. The lowest BCUT2D eigenvalue weighted by atomic mass is 10.1. The van der Waals surface area contributed by atoms with Gasteiger partial charge in [-0.3, -0.25) is 4.79 Å². The van der Waals surface area contributed by atoms with E-state index in [-0.39, 0.29) is 11.6 Å². The largest absolute Gasteiger partial charge is 0.379 e. The molecule has 5 rings (SSSR count). The van der Waals surface area contributed by atoms with Crippen molar-refractivity contribution >= 4 is 22.4 Å². The summed E-state index contributed by atoms with van der Waals surface area (Å²) in [6.07, 6.45) is 2.45. The van der Waals surface area contributed by atoms with Crippen molar-refractivity contribution in [3.8, 4) is 11.3 Å². The van der Waals surface area contributed by atoms with Crippen LogP contribution >= 0.6 is 0 Å². The molecule has 1 atom stereocenters. The molecule has 2 fully saturated rings. The third kappa shape index (κ3) is 3.64. The molecular weight excluding hydrogens is 382 g/mol. The van der Waals surface area contributed by atoms with Gasteiger partial charge in [0.25, 0.3) is 5.56 Å². The number of ether oxygens (including phenoxy) is 2. The highest BCUT2D eigenvalue weighted by Gasteiger charge is 2.20. The van der Waals surface area contributed by atoms with Gasteiger partial charge in [-0.1, -0.05) is 12.1 Å². The van der Waals surface area contributed by atoms with Crippen LogP contribution in [0.25, 0.3) is 22.2 Å². The molecule has 2 saturated heterocycles. The molecule has 0 bridgehead atoms. The average molecular weight is 407 g/mol. The van der Waals surface area contributed by atoms with E-state index in [1.807, 2.05) is 6.07 Å². The molecule has 30 heavy (non-hydrogen) atoms. The molecule has 4 heterocycles. The second-order valence-corrected chi connectivity index (χ2v) is 7.76. The lowest BCUT2D eigenvalue weighted by Gasteiger charge is -2.28. The number of hydrogen-bond acceptors (Lipinski definition) is 7. The van der Waals surface area contributed by atoms with Crippen molar-refractivity contribution in [2.24, 2.45) is 7.05 Å². The number of aromatic nitrogens is 3. The van der Waals surface area contributed by atoms with Gasteiger partial charge in [-0.15, -0.1) is 0 Å². The van der Waals surface area contributed by atoms with Crippen LogP contribution in [-0.4, -0.2) is 60.1 Å². The Bertz CT molecular complexity index is 1100. The van der Waals surface area contributed by atoms with Gasteiger partial charge in [-0.2, -0.15) is 0 Å². The Morgan fingerprint density at radius 1 is 1.10 bits per heavy atom. The SMILES string of the molecule is Cn1cnc2cc(-c3ccc(N4CCOCC4)cc3)nc(N[C@H]3CCOC3)c2c1=O. The Balaban J connectivity index is 1.54. The van der Waals surface area contributed by atoms with Gasteiger partial charge >= 0.3 is 0 Å². The maximum atomic E-state index is 12.8. The summed E-state index contributed by atoms with van der Waals surface area (Å²) in [6.45, 7) is 4.65. The predicted molar refractivity (Wildman–Crippen MR) is 116 cm³/mol. The van der Waals surface area contributed by atoms with Crippen LogP contribution in [0.4, 0.5) is 11.5 Å². The molecule has 0 radical (unpaired) electrons. The zero-order valence-corrected chi connectivity index (χ0v) is 17.0. The Morgan fingerprint density at radius 2 is 1.90 bits per heavy atom. The summed E-state index contributed by atoms with van der Waals surface area (Å²) in [6, 6.07) is 10.4. The van der Waals surface area contributed by atoms with E-state index in [2.05, 4.69) is 39.5 Å². The maximum absolute atomic E-state index is 12.8. The van der Waals surface area contributed by atoms with Gasteiger partial charge in [-0.05, 0) is 24.6 Å². The van der Waals surface area contributed by atoms with E-state index in [1.165, 1.54) is 10.3 Å². The fourth-order valence-electron chi connectivity index (χ4n) is 3.98. The van der Waals surface area contributed by atoms with E-state index in [4.69, 9.17) is 14.5 Å². The van der Waals surface area contributed by atoms with Crippen LogP contribution in [-0.2, 0) is 16.5 Å². The topological polar surface area (TPSA) is 81.5 Å². The molecule has 2 aliphatic rings. The minimum absolute atomic E-state index is 0.108. The molecule has 0 unspecified atom stereocenters. The first-order valence-electron chi connectivity index (χ1n) is 10.3. The fraction of sp³-hybridized carbons (Fsp3) is 0.409. The molecule has 0 spiro atoms. The standard InChI is InChI=1S/C22H25N5O3/c1-26-14-23-19-12-18(15-2-4-17(5-3-15)27-7-10-29-11-8-27)25-21(20(19)22(26)28)24-16-6-9-30-13-16/h2-5,12,14,16H,6-11,13H2,1H3,(H,24,25)/t16-/m0/s1. The Kier molecular flexibility index (Phi) is 5.10. The summed E-state index contributed by atoms with van der Waals surface area (Å²) >= 11 is 0. The fourth-order valence-corrected chi connectivity index (χ4v) is 3.98. The number of hydrogen-bond donors (Lipinski definition) is 1. The molecule has 2 aliphatic heterocycles. The van der Waals surface area contributed by atoms with Crippen molar-refractivity contribution in [3.05, 3.63) is 47.0 Å². The minimum Gasteiger partial charge on any atom is -0.379 e. The summed E-state index contributed by atoms with van der Waals surface area (Å²) in [4.78, 5) is 24.4. The first kappa shape index (κ1) is 19.0. The van der Waals surface area contributed by atoms with Crippen LogP contribution in [0.5, 0.6) is 0 Å². The molecule has 1 N–H and O–H groups in total. The number of aryl methyl sites for hydroxylation is 1. The Hall–Kier alpha value is -2.97. The van der Waals surface area contributed by atoms with Gasteiger partial charge in [0.15, 0.2) is 0 Å². The van der Waals surface area contributed by atoms with E-state index >= 15 is 0 Å². The van der Waals surface area contributed by atoms with E-state index in [1.54, 1.807) is 13.4 Å². The van der Waals surface area contributed by atoms with Gasteiger partial charge in [0.1, 0.15) is 11.2 Å². The van der Waals surface area contributed by atoms with Crippen molar-refractivity contribution in [1.82, 2.24) is 14.5 Å². The van der Waals surface area contributed by atoms with Crippen molar-refractivity contribution < 1.29 is 9.47 Å². The van der Waals surface area contributed by atoms with Gasteiger partial charge in [0, 0.05) is 38.0 Å². The molecule has 2 aromatic heterocycles. The summed E-state index contributed by atoms with van der Waals surface area (Å²) in [5, 5.41) is 3.93. The van der Waals surface area contributed by atoms with Crippen LogP contribution in [0.3, 0.4) is 0 Å². The third-order valence-electron chi connectivity index (χ3n) is 5.71.